The monoisotopic (exact) mass is 307 g/mol. The molecule has 1 atom stereocenters. The number of fused-ring (bicyclic) bond motifs is 1. The van der Waals surface area contributed by atoms with Gasteiger partial charge in [0.05, 0.1) is 5.39 Å². The summed E-state index contributed by atoms with van der Waals surface area (Å²) < 4.78 is 5.67. The lowest BCUT2D eigenvalue weighted by molar-refractivity contribution is 0.00904. The molecule has 0 amide bonds. The zero-order chi connectivity index (χ0) is 15.6. The van der Waals surface area contributed by atoms with Crippen molar-refractivity contribution in [2.75, 3.05) is 19.0 Å². The topological polar surface area (TPSA) is 47.0 Å². The second-order valence-corrected chi connectivity index (χ2v) is 7.34. The van der Waals surface area contributed by atoms with E-state index in [4.69, 9.17) is 14.7 Å². The van der Waals surface area contributed by atoms with Crippen molar-refractivity contribution in [1.82, 2.24) is 9.97 Å². The molecule has 2 aromatic heterocycles. The van der Waals surface area contributed by atoms with Crippen molar-refractivity contribution in [3.63, 3.8) is 0 Å². The average molecular weight is 307 g/mol. The minimum absolute atomic E-state index is 0.0449. The van der Waals surface area contributed by atoms with Crippen LogP contribution >= 0.6 is 11.3 Å². The van der Waals surface area contributed by atoms with Crippen molar-refractivity contribution in [1.29, 1.82) is 0 Å². The van der Waals surface area contributed by atoms with Gasteiger partial charge in [0.2, 0.25) is 0 Å². The van der Waals surface area contributed by atoms with Crippen LogP contribution in [0.4, 0.5) is 5.82 Å². The number of hydrogen-bond donors (Lipinski definition) is 1. The number of methoxy groups -OCH3 is 1. The first-order valence-corrected chi connectivity index (χ1v) is 8.29. The third kappa shape index (κ3) is 3.35. The molecule has 0 fully saturated rings. The molecule has 0 aromatic carbocycles. The van der Waals surface area contributed by atoms with Gasteiger partial charge < -0.3 is 10.1 Å². The third-order valence-corrected chi connectivity index (χ3v) is 4.58. The lowest BCUT2D eigenvalue weighted by Gasteiger charge is -2.28. The molecule has 5 heteroatoms. The maximum Gasteiger partial charge on any atom is 0.161 e. The minimum Gasteiger partial charge on any atom is -0.373 e. The van der Waals surface area contributed by atoms with Gasteiger partial charge in [0.1, 0.15) is 16.8 Å². The predicted molar refractivity (Wildman–Crippen MR) is 90.2 cm³/mol. The Morgan fingerprint density at radius 3 is 2.52 bits per heavy atom. The molecule has 1 unspecified atom stereocenters. The number of anilines is 1. The lowest BCUT2D eigenvalue weighted by Crippen LogP contribution is -2.22. The Morgan fingerprint density at radius 1 is 1.29 bits per heavy atom. The van der Waals surface area contributed by atoms with Gasteiger partial charge in [0, 0.05) is 18.5 Å². The van der Waals surface area contributed by atoms with Crippen LogP contribution in [0.1, 0.15) is 51.4 Å². The zero-order valence-electron chi connectivity index (χ0n) is 13.8. The molecule has 116 valence electrons. The number of ether oxygens (including phenoxy) is 1. The quantitative estimate of drug-likeness (QED) is 0.888. The van der Waals surface area contributed by atoms with Crippen LogP contribution in [0.2, 0.25) is 0 Å². The molecule has 2 aromatic rings. The van der Waals surface area contributed by atoms with E-state index in [2.05, 4.69) is 46.0 Å². The minimum atomic E-state index is -0.119. The maximum absolute atomic E-state index is 5.67. The normalized spacial score (nSPS) is 13.6. The fourth-order valence-electron chi connectivity index (χ4n) is 2.43. The summed E-state index contributed by atoms with van der Waals surface area (Å²) in [6.45, 7) is 11.5. The van der Waals surface area contributed by atoms with Crippen molar-refractivity contribution in [2.24, 2.45) is 5.41 Å². The number of rotatable bonds is 5. The molecule has 0 saturated heterocycles. The number of nitrogens with zero attached hydrogens (tertiary/aromatic N) is 2. The molecule has 0 spiro atoms. The number of hydrogen-bond acceptors (Lipinski definition) is 5. The number of thiophene rings is 1. The van der Waals surface area contributed by atoms with Gasteiger partial charge in [-0.25, -0.2) is 9.97 Å². The smallest absolute Gasteiger partial charge is 0.161 e. The molecule has 4 nitrogen and oxygen atoms in total. The Hall–Kier alpha value is -1.20. The van der Waals surface area contributed by atoms with E-state index in [1.165, 1.54) is 4.88 Å². The summed E-state index contributed by atoms with van der Waals surface area (Å²) in [5.74, 6) is 1.68. The highest BCUT2D eigenvalue weighted by Crippen LogP contribution is 2.37. The van der Waals surface area contributed by atoms with Crippen molar-refractivity contribution >= 4 is 27.4 Å². The van der Waals surface area contributed by atoms with Crippen molar-refractivity contribution in [2.45, 2.75) is 47.1 Å². The van der Waals surface area contributed by atoms with Gasteiger partial charge in [-0.2, -0.15) is 0 Å². The molecule has 21 heavy (non-hydrogen) atoms. The highest BCUT2D eigenvalue weighted by Gasteiger charge is 2.29. The van der Waals surface area contributed by atoms with E-state index in [0.29, 0.717) is 0 Å². The standard InChI is InChI=1S/C16H25N3OS/c1-7-10-9-11-13(17-8-2)18-14(19-15(11)21-10)12(20-6)16(3,4)5/h9,12H,7-8H2,1-6H3,(H,17,18,19). The predicted octanol–water partition coefficient (Wildman–Crippen LogP) is 4.42. The van der Waals surface area contributed by atoms with Crippen LogP contribution in [-0.4, -0.2) is 23.6 Å². The molecular formula is C16H25N3OS. The summed E-state index contributed by atoms with van der Waals surface area (Å²) in [6.07, 6.45) is 0.904. The summed E-state index contributed by atoms with van der Waals surface area (Å²) in [5, 5.41) is 4.48. The van der Waals surface area contributed by atoms with Gasteiger partial charge in [-0.1, -0.05) is 27.7 Å². The van der Waals surface area contributed by atoms with Gasteiger partial charge >= 0.3 is 0 Å². The SMILES string of the molecule is CCNc1nc(C(OC)C(C)(C)C)nc2sc(CC)cc12. The summed E-state index contributed by atoms with van der Waals surface area (Å²) in [4.78, 5) is 11.9. The van der Waals surface area contributed by atoms with E-state index in [1.54, 1.807) is 18.4 Å². The molecule has 2 heterocycles. The highest BCUT2D eigenvalue weighted by atomic mass is 32.1. The number of aromatic nitrogens is 2. The largest absolute Gasteiger partial charge is 0.373 e. The van der Waals surface area contributed by atoms with Crippen molar-refractivity contribution in [3.8, 4) is 0 Å². The number of nitrogens with one attached hydrogen (secondary N) is 1. The van der Waals surface area contributed by atoms with E-state index in [9.17, 15) is 0 Å². The first-order chi connectivity index (χ1) is 9.90. The van der Waals surface area contributed by atoms with E-state index in [0.717, 1.165) is 34.8 Å². The van der Waals surface area contributed by atoms with Crippen LogP contribution in [0.15, 0.2) is 6.07 Å². The maximum atomic E-state index is 5.67. The van der Waals surface area contributed by atoms with Gasteiger partial charge in [0.25, 0.3) is 0 Å². The molecule has 0 aliphatic heterocycles. The molecule has 0 bridgehead atoms. The lowest BCUT2D eigenvalue weighted by atomic mass is 9.88. The molecule has 0 aliphatic carbocycles. The molecule has 0 radical (unpaired) electrons. The fourth-order valence-corrected chi connectivity index (χ4v) is 3.40. The van der Waals surface area contributed by atoms with Crippen molar-refractivity contribution < 1.29 is 4.74 Å². The van der Waals surface area contributed by atoms with Gasteiger partial charge in [-0.05, 0) is 24.8 Å². The third-order valence-electron chi connectivity index (χ3n) is 3.41. The Bertz CT molecular complexity index is 616. The fraction of sp³-hybridized carbons (Fsp3) is 0.625. The molecule has 0 saturated carbocycles. The Labute approximate surface area is 131 Å². The van der Waals surface area contributed by atoms with Crippen LogP contribution in [0.5, 0.6) is 0 Å². The Kier molecular flexibility index (Phi) is 4.84. The van der Waals surface area contributed by atoms with Crippen LogP contribution in [0.3, 0.4) is 0 Å². The Balaban J connectivity index is 2.59. The van der Waals surface area contributed by atoms with Crippen LogP contribution in [0, 0.1) is 5.41 Å². The van der Waals surface area contributed by atoms with Gasteiger partial charge in [-0.15, -0.1) is 11.3 Å². The van der Waals surface area contributed by atoms with E-state index >= 15 is 0 Å². The average Bonchev–Trinajstić information content (AvgIpc) is 2.81. The second-order valence-electron chi connectivity index (χ2n) is 6.23. The summed E-state index contributed by atoms with van der Waals surface area (Å²) in [5.41, 5.74) is -0.0449. The zero-order valence-corrected chi connectivity index (χ0v) is 14.6. The van der Waals surface area contributed by atoms with E-state index in [1.807, 2.05) is 0 Å². The highest BCUT2D eigenvalue weighted by molar-refractivity contribution is 7.18. The first kappa shape index (κ1) is 16.2. The van der Waals surface area contributed by atoms with Gasteiger partial charge in [0.15, 0.2) is 5.82 Å². The van der Waals surface area contributed by atoms with Gasteiger partial charge in [-0.3, -0.25) is 0 Å². The molecular weight excluding hydrogens is 282 g/mol. The Morgan fingerprint density at radius 2 is 2.00 bits per heavy atom. The van der Waals surface area contributed by atoms with E-state index in [-0.39, 0.29) is 11.5 Å². The van der Waals surface area contributed by atoms with Crippen molar-refractivity contribution in [3.05, 3.63) is 16.8 Å². The molecule has 2 rings (SSSR count). The van der Waals surface area contributed by atoms with Crippen LogP contribution in [0.25, 0.3) is 10.2 Å². The number of aryl methyl sites for hydroxylation is 1. The van der Waals surface area contributed by atoms with Crippen LogP contribution < -0.4 is 5.32 Å². The molecule has 0 aliphatic rings. The van der Waals surface area contributed by atoms with Crippen LogP contribution in [-0.2, 0) is 11.2 Å². The first-order valence-electron chi connectivity index (χ1n) is 7.47. The summed E-state index contributed by atoms with van der Waals surface area (Å²) in [6, 6.07) is 2.20. The summed E-state index contributed by atoms with van der Waals surface area (Å²) >= 11 is 1.74. The second kappa shape index (κ2) is 6.28. The molecule has 1 N–H and O–H groups in total. The summed E-state index contributed by atoms with van der Waals surface area (Å²) in [7, 11) is 1.72. The van der Waals surface area contributed by atoms with E-state index < -0.39 is 0 Å².